The Kier molecular flexibility index (Phi) is 3.02. The molecule has 0 radical (unpaired) electrons. The van der Waals surface area contributed by atoms with Gasteiger partial charge in [-0.05, 0) is 19.3 Å². The highest BCUT2D eigenvalue weighted by atomic mass is 32.1. The van der Waals surface area contributed by atoms with Crippen LogP contribution < -0.4 is 0 Å². The lowest BCUT2D eigenvalue weighted by atomic mass is 10.1. The van der Waals surface area contributed by atoms with E-state index in [1.807, 2.05) is 0 Å². The van der Waals surface area contributed by atoms with Gasteiger partial charge < -0.3 is 9.84 Å². The predicted octanol–water partition coefficient (Wildman–Crippen LogP) is 1.73. The monoisotopic (exact) mass is 227 g/mol. The number of carboxylic acid groups (broad SMARTS) is 1. The molecule has 1 aliphatic heterocycles. The topological polar surface area (TPSA) is 59.4 Å². The average molecular weight is 227 g/mol. The van der Waals surface area contributed by atoms with Gasteiger partial charge in [-0.1, -0.05) is 0 Å². The molecule has 1 aromatic rings. The maximum atomic E-state index is 10.8. The van der Waals surface area contributed by atoms with Gasteiger partial charge in [0, 0.05) is 19.6 Å². The Hall–Kier alpha value is -0.940. The Balaban J connectivity index is 2.08. The van der Waals surface area contributed by atoms with Crippen molar-refractivity contribution in [2.75, 3.05) is 13.2 Å². The third-order valence-corrected chi connectivity index (χ3v) is 3.69. The van der Waals surface area contributed by atoms with E-state index in [1.54, 1.807) is 6.92 Å². The Morgan fingerprint density at radius 1 is 1.73 bits per heavy atom. The highest BCUT2D eigenvalue weighted by Crippen LogP contribution is 2.24. The summed E-state index contributed by atoms with van der Waals surface area (Å²) in [5.41, 5.74) is 0.626. The smallest absolute Gasteiger partial charge is 0.347 e. The third-order valence-electron chi connectivity index (χ3n) is 2.52. The van der Waals surface area contributed by atoms with E-state index in [9.17, 15) is 4.79 Å². The zero-order chi connectivity index (χ0) is 10.8. The van der Waals surface area contributed by atoms with Gasteiger partial charge in [0.2, 0.25) is 0 Å². The Morgan fingerprint density at radius 2 is 2.53 bits per heavy atom. The molecule has 0 aromatic carbocycles. The number of hydrogen-bond donors (Lipinski definition) is 1. The third kappa shape index (κ3) is 2.35. The minimum Gasteiger partial charge on any atom is -0.477 e. The van der Waals surface area contributed by atoms with Crippen molar-refractivity contribution in [2.24, 2.45) is 5.92 Å². The number of carbonyl (C=O) groups is 1. The fourth-order valence-electron chi connectivity index (χ4n) is 1.73. The lowest BCUT2D eigenvalue weighted by Crippen LogP contribution is -2.02. The Labute approximate surface area is 91.9 Å². The van der Waals surface area contributed by atoms with Crippen LogP contribution in [0.2, 0.25) is 0 Å². The number of nitrogens with zero attached hydrogens (tertiary/aromatic N) is 1. The zero-order valence-electron chi connectivity index (χ0n) is 8.52. The molecule has 15 heavy (non-hydrogen) atoms. The fraction of sp³-hybridized carbons (Fsp3) is 0.600. The van der Waals surface area contributed by atoms with E-state index in [1.165, 1.54) is 11.3 Å². The van der Waals surface area contributed by atoms with Crippen LogP contribution in [0.4, 0.5) is 0 Å². The zero-order valence-corrected chi connectivity index (χ0v) is 9.34. The first kappa shape index (κ1) is 10.6. The summed E-state index contributed by atoms with van der Waals surface area (Å²) in [5, 5.41) is 9.80. The number of aryl methyl sites for hydroxylation is 1. The number of thiazole rings is 1. The van der Waals surface area contributed by atoms with E-state index in [2.05, 4.69) is 4.98 Å². The number of aromatic nitrogens is 1. The first-order valence-corrected chi connectivity index (χ1v) is 5.76. The van der Waals surface area contributed by atoms with E-state index in [0.717, 1.165) is 31.1 Å². The largest absolute Gasteiger partial charge is 0.477 e. The molecule has 5 heteroatoms. The molecule has 1 aromatic heterocycles. The van der Waals surface area contributed by atoms with Crippen molar-refractivity contribution in [2.45, 2.75) is 19.8 Å². The highest BCUT2D eigenvalue weighted by Gasteiger charge is 2.20. The normalized spacial score (nSPS) is 20.7. The Bertz CT molecular complexity index is 369. The van der Waals surface area contributed by atoms with E-state index in [-0.39, 0.29) is 0 Å². The van der Waals surface area contributed by atoms with Crippen molar-refractivity contribution < 1.29 is 14.6 Å². The quantitative estimate of drug-likeness (QED) is 0.854. The molecule has 1 aliphatic rings. The molecule has 4 nitrogen and oxygen atoms in total. The van der Waals surface area contributed by atoms with Gasteiger partial charge in [0.15, 0.2) is 0 Å². The van der Waals surface area contributed by atoms with Crippen LogP contribution in [0.15, 0.2) is 0 Å². The van der Waals surface area contributed by atoms with Crippen LogP contribution in [0, 0.1) is 12.8 Å². The summed E-state index contributed by atoms with van der Waals surface area (Å²) in [5.74, 6) is -0.365. The first-order valence-electron chi connectivity index (χ1n) is 4.94. The molecule has 0 aliphatic carbocycles. The van der Waals surface area contributed by atoms with Gasteiger partial charge in [-0.2, -0.15) is 0 Å². The molecule has 0 bridgehead atoms. The van der Waals surface area contributed by atoms with Crippen molar-refractivity contribution in [3.63, 3.8) is 0 Å². The molecule has 1 N–H and O–H groups in total. The predicted molar refractivity (Wildman–Crippen MR) is 56.4 cm³/mol. The summed E-state index contributed by atoms with van der Waals surface area (Å²) in [6.07, 6.45) is 1.90. The second-order valence-electron chi connectivity index (χ2n) is 3.76. The van der Waals surface area contributed by atoms with E-state index in [0.29, 0.717) is 16.5 Å². The van der Waals surface area contributed by atoms with Gasteiger partial charge in [0.25, 0.3) is 0 Å². The van der Waals surface area contributed by atoms with E-state index >= 15 is 0 Å². The van der Waals surface area contributed by atoms with Crippen molar-refractivity contribution in [1.29, 1.82) is 0 Å². The number of rotatable bonds is 3. The summed E-state index contributed by atoms with van der Waals surface area (Å²) in [4.78, 5) is 15.5. The van der Waals surface area contributed by atoms with Crippen LogP contribution >= 0.6 is 11.3 Å². The lowest BCUT2D eigenvalue weighted by Gasteiger charge is -2.02. The van der Waals surface area contributed by atoms with Gasteiger partial charge in [0.05, 0.1) is 10.7 Å². The number of carboxylic acids is 1. The maximum absolute atomic E-state index is 10.8. The average Bonchev–Trinajstić information content (AvgIpc) is 2.75. The van der Waals surface area contributed by atoms with Gasteiger partial charge in [-0.25, -0.2) is 9.78 Å². The van der Waals surface area contributed by atoms with Crippen molar-refractivity contribution >= 4 is 17.3 Å². The molecule has 1 unspecified atom stereocenters. The second kappa shape index (κ2) is 4.28. The SMILES string of the molecule is Cc1nc(CC2CCOC2)sc1C(=O)O. The summed E-state index contributed by atoms with van der Waals surface area (Å²) in [7, 11) is 0. The van der Waals surface area contributed by atoms with E-state index in [4.69, 9.17) is 9.84 Å². The molecule has 2 heterocycles. The fourth-order valence-corrected chi connectivity index (χ4v) is 2.75. The molecule has 82 valence electrons. The number of aromatic carboxylic acids is 1. The van der Waals surface area contributed by atoms with Gasteiger partial charge in [-0.3, -0.25) is 0 Å². The van der Waals surface area contributed by atoms with Crippen molar-refractivity contribution in [3.05, 3.63) is 15.6 Å². The first-order chi connectivity index (χ1) is 7.16. The van der Waals surface area contributed by atoms with Gasteiger partial charge in [-0.15, -0.1) is 11.3 Å². The molecule has 1 saturated heterocycles. The molecule has 0 spiro atoms. The summed E-state index contributed by atoms with van der Waals surface area (Å²) in [6, 6.07) is 0. The lowest BCUT2D eigenvalue weighted by molar-refractivity contribution is 0.0701. The highest BCUT2D eigenvalue weighted by molar-refractivity contribution is 7.13. The molecular weight excluding hydrogens is 214 g/mol. The van der Waals surface area contributed by atoms with Crippen LogP contribution in [0.25, 0.3) is 0 Å². The van der Waals surface area contributed by atoms with Gasteiger partial charge >= 0.3 is 5.97 Å². The molecule has 2 rings (SSSR count). The van der Waals surface area contributed by atoms with E-state index < -0.39 is 5.97 Å². The molecule has 1 fully saturated rings. The maximum Gasteiger partial charge on any atom is 0.347 e. The minimum atomic E-state index is -0.876. The minimum absolute atomic E-state index is 0.365. The molecule has 0 saturated carbocycles. The van der Waals surface area contributed by atoms with Crippen molar-refractivity contribution in [3.8, 4) is 0 Å². The van der Waals surface area contributed by atoms with Crippen LogP contribution in [0.3, 0.4) is 0 Å². The van der Waals surface area contributed by atoms with Crippen LogP contribution in [0.1, 0.15) is 26.8 Å². The molecular formula is C10H13NO3S. The number of hydrogen-bond acceptors (Lipinski definition) is 4. The van der Waals surface area contributed by atoms with Crippen LogP contribution in [-0.2, 0) is 11.2 Å². The van der Waals surface area contributed by atoms with Crippen LogP contribution in [0.5, 0.6) is 0 Å². The second-order valence-corrected chi connectivity index (χ2v) is 4.84. The summed E-state index contributed by atoms with van der Waals surface area (Å²) >= 11 is 1.29. The van der Waals surface area contributed by atoms with Crippen LogP contribution in [-0.4, -0.2) is 29.3 Å². The summed E-state index contributed by atoms with van der Waals surface area (Å²) < 4.78 is 5.27. The summed E-state index contributed by atoms with van der Waals surface area (Å²) in [6.45, 7) is 3.34. The van der Waals surface area contributed by atoms with Crippen molar-refractivity contribution in [1.82, 2.24) is 4.98 Å². The van der Waals surface area contributed by atoms with Gasteiger partial charge in [0.1, 0.15) is 4.88 Å². The standard InChI is InChI=1S/C10H13NO3S/c1-6-9(10(12)13)15-8(11-6)4-7-2-3-14-5-7/h7H,2-5H2,1H3,(H,12,13). The molecule has 0 amide bonds. The Morgan fingerprint density at radius 3 is 3.07 bits per heavy atom. The molecule has 1 atom stereocenters. The number of ether oxygens (including phenoxy) is 1.